The highest BCUT2D eigenvalue weighted by Gasteiger charge is 2.19. The molecule has 80 heavy (non-hydrogen) atoms. The summed E-state index contributed by atoms with van der Waals surface area (Å²) in [6.07, 6.45) is 91.5. The molecule has 0 amide bonds. The molecule has 0 aliphatic rings. The average molecular weight is 1110 g/mol. The third-order valence-electron chi connectivity index (χ3n) is 14.8. The molecule has 0 spiro atoms. The van der Waals surface area contributed by atoms with E-state index < -0.39 is 6.10 Å². The van der Waals surface area contributed by atoms with E-state index >= 15 is 0 Å². The number of rotatable bonds is 62. The second-order valence-corrected chi connectivity index (χ2v) is 22.7. The first-order valence-electron chi connectivity index (χ1n) is 34.2. The van der Waals surface area contributed by atoms with Crippen molar-refractivity contribution >= 4 is 17.9 Å². The highest BCUT2D eigenvalue weighted by molar-refractivity contribution is 5.71. The molecule has 6 heteroatoms. The lowest BCUT2D eigenvalue weighted by Crippen LogP contribution is -2.30. The first kappa shape index (κ1) is 76.3. The molecule has 0 rings (SSSR count). The van der Waals surface area contributed by atoms with Crippen molar-refractivity contribution in [3.63, 3.8) is 0 Å². The molecule has 460 valence electrons. The zero-order valence-electron chi connectivity index (χ0n) is 52.8. The van der Waals surface area contributed by atoms with Crippen LogP contribution in [0, 0.1) is 0 Å². The summed E-state index contributed by atoms with van der Waals surface area (Å²) in [6, 6.07) is 0. The molecule has 0 bridgehead atoms. The Bertz CT molecular complexity index is 1560. The maximum absolute atomic E-state index is 12.9. The third-order valence-corrected chi connectivity index (χ3v) is 14.8. The Morgan fingerprint density at radius 3 is 0.775 bits per heavy atom. The van der Waals surface area contributed by atoms with Gasteiger partial charge in [0.25, 0.3) is 0 Å². The predicted molar refractivity (Wildman–Crippen MR) is 348 cm³/mol. The van der Waals surface area contributed by atoms with Gasteiger partial charge < -0.3 is 14.2 Å². The van der Waals surface area contributed by atoms with E-state index in [4.69, 9.17) is 14.2 Å². The first-order valence-corrected chi connectivity index (χ1v) is 34.2. The van der Waals surface area contributed by atoms with Crippen molar-refractivity contribution in [2.24, 2.45) is 0 Å². The minimum atomic E-state index is -0.801. The lowest BCUT2D eigenvalue weighted by Gasteiger charge is -2.18. The van der Waals surface area contributed by atoms with Crippen LogP contribution in [0.3, 0.4) is 0 Å². The number of allylic oxidation sites excluding steroid dienone is 16. The molecule has 0 heterocycles. The Kier molecular flexibility index (Phi) is 64.7. The summed E-state index contributed by atoms with van der Waals surface area (Å²) < 4.78 is 16.9. The lowest BCUT2D eigenvalue weighted by atomic mass is 10.0. The van der Waals surface area contributed by atoms with Gasteiger partial charge in [-0.15, -0.1) is 0 Å². The number of carbonyl (C=O) groups is 3. The SMILES string of the molecule is CC/C=C\C/C=C\C/C=C\C/C=C\C/C=C\CCCCCC(=O)OC(COC(=O)CCCCCCCCC/C=C\C/C=C\C/C=C\CC)COC(=O)CCCCCCCCCCCCCCCCCCCCCCCCCCCC. The maximum atomic E-state index is 12.9. The molecule has 1 unspecified atom stereocenters. The summed E-state index contributed by atoms with van der Waals surface area (Å²) in [5.74, 6) is -0.921. The van der Waals surface area contributed by atoms with Crippen molar-refractivity contribution in [3.05, 3.63) is 97.2 Å². The fourth-order valence-electron chi connectivity index (χ4n) is 9.78. The van der Waals surface area contributed by atoms with Gasteiger partial charge in [0.15, 0.2) is 6.10 Å². The molecule has 0 aromatic heterocycles. The maximum Gasteiger partial charge on any atom is 0.306 e. The second kappa shape index (κ2) is 67.8. The van der Waals surface area contributed by atoms with Gasteiger partial charge in [-0.05, 0) is 96.3 Å². The third kappa shape index (κ3) is 65.1. The number of carbonyl (C=O) groups excluding carboxylic acids is 3. The van der Waals surface area contributed by atoms with Crippen LogP contribution >= 0.6 is 0 Å². The summed E-state index contributed by atoms with van der Waals surface area (Å²) >= 11 is 0. The highest BCUT2D eigenvalue weighted by atomic mass is 16.6. The largest absolute Gasteiger partial charge is 0.462 e. The van der Waals surface area contributed by atoms with Crippen LogP contribution in [0.4, 0.5) is 0 Å². The normalized spacial score (nSPS) is 12.7. The minimum absolute atomic E-state index is 0.0921. The van der Waals surface area contributed by atoms with Gasteiger partial charge in [0.05, 0.1) is 0 Å². The first-order chi connectivity index (χ1) is 39.5. The minimum Gasteiger partial charge on any atom is -0.462 e. The molecule has 6 nitrogen and oxygen atoms in total. The summed E-state index contributed by atoms with van der Waals surface area (Å²) in [5, 5.41) is 0. The van der Waals surface area contributed by atoms with Crippen molar-refractivity contribution < 1.29 is 28.6 Å². The van der Waals surface area contributed by atoms with Gasteiger partial charge in [0.1, 0.15) is 13.2 Å². The highest BCUT2D eigenvalue weighted by Crippen LogP contribution is 2.18. The van der Waals surface area contributed by atoms with Gasteiger partial charge in [-0.2, -0.15) is 0 Å². The fraction of sp³-hybridized carbons (Fsp3) is 0.743. The number of ether oxygens (including phenoxy) is 3. The van der Waals surface area contributed by atoms with Crippen molar-refractivity contribution in [2.45, 2.75) is 341 Å². The molecule has 0 saturated carbocycles. The van der Waals surface area contributed by atoms with Crippen LogP contribution in [0.2, 0.25) is 0 Å². The van der Waals surface area contributed by atoms with Crippen LogP contribution in [0.5, 0.6) is 0 Å². The molecule has 0 fully saturated rings. The molecule has 0 saturated heterocycles. The Hall–Kier alpha value is -3.67. The molecule has 0 radical (unpaired) electrons. The number of unbranched alkanes of at least 4 members (excludes halogenated alkanes) is 35. The molecule has 0 aliphatic carbocycles. The van der Waals surface area contributed by atoms with E-state index in [-0.39, 0.29) is 37.5 Å². The molecular weight excluding hydrogens is 985 g/mol. The molecular formula is C74H128O6. The number of hydrogen-bond acceptors (Lipinski definition) is 6. The fourth-order valence-corrected chi connectivity index (χ4v) is 9.78. The lowest BCUT2D eigenvalue weighted by molar-refractivity contribution is -0.167. The van der Waals surface area contributed by atoms with E-state index in [0.29, 0.717) is 12.8 Å². The van der Waals surface area contributed by atoms with E-state index in [1.54, 1.807) is 0 Å². The zero-order chi connectivity index (χ0) is 57.8. The molecule has 0 N–H and O–H groups in total. The van der Waals surface area contributed by atoms with E-state index in [9.17, 15) is 14.4 Å². The van der Waals surface area contributed by atoms with E-state index in [1.807, 2.05) is 0 Å². The van der Waals surface area contributed by atoms with Crippen LogP contribution in [0.25, 0.3) is 0 Å². The number of hydrogen-bond donors (Lipinski definition) is 0. The Morgan fingerprint density at radius 2 is 0.487 bits per heavy atom. The van der Waals surface area contributed by atoms with Gasteiger partial charge >= 0.3 is 17.9 Å². The number of esters is 3. The quantitative estimate of drug-likeness (QED) is 0.0261. The van der Waals surface area contributed by atoms with Gasteiger partial charge in [0, 0.05) is 19.3 Å². The summed E-state index contributed by atoms with van der Waals surface area (Å²) in [6.45, 7) is 6.43. The summed E-state index contributed by atoms with van der Waals surface area (Å²) in [5.41, 5.74) is 0. The topological polar surface area (TPSA) is 78.9 Å². The smallest absolute Gasteiger partial charge is 0.306 e. The second-order valence-electron chi connectivity index (χ2n) is 22.7. The summed E-state index contributed by atoms with van der Waals surface area (Å²) in [4.78, 5) is 38.4. The molecule has 0 aromatic carbocycles. The van der Waals surface area contributed by atoms with Crippen LogP contribution in [0.1, 0.15) is 335 Å². The Labute approximate surface area is 496 Å². The van der Waals surface area contributed by atoms with Gasteiger partial charge in [0.2, 0.25) is 0 Å². The van der Waals surface area contributed by atoms with Crippen molar-refractivity contribution in [1.82, 2.24) is 0 Å². The van der Waals surface area contributed by atoms with E-state index in [1.165, 1.54) is 173 Å². The standard InChI is InChI=1S/C74H128O6/c1-4-7-10-13-16-19-22-25-28-31-33-34-35-36-37-38-39-41-43-46-49-52-55-58-61-64-67-73(76)79-70-71(69-78-72(75)66-63-60-57-54-51-48-45-42-30-27-24-21-18-15-12-9-6-3)80-74(77)68-65-62-59-56-53-50-47-44-40-32-29-26-23-20-17-14-11-8-5-2/h8-9,11-12,17-18,20-21,26-27,29-30,40,44,50,53,71H,4-7,10,13-16,19,22-25,28,31-39,41-43,45-49,51-52,54-70H2,1-3H3/b11-8-,12-9-,20-17-,21-18-,29-26-,30-27-,44-40-,53-50-. The summed E-state index contributed by atoms with van der Waals surface area (Å²) in [7, 11) is 0. The van der Waals surface area contributed by atoms with Gasteiger partial charge in [-0.25, -0.2) is 0 Å². The van der Waals surface area contributed by atoms with Gasteiger partial charge in [-0.3, -0.25) is 14.4 Å². The van der Waals surface area contributed by atoms with Crippen LogP contribution in [0.15, 0.2) is 97.2 Å². The Morgan fingerprint density at radius 1 is 0.263 bits per heavy atom. The average Bonchev–Trinajstić information content (AvgIpc) is 3.46. The van der Waals surface area contributed by atoms with Crippen LogP contribution in [-0.2, 0) is 28.6 Å². The van der Waals surface area contributed by atoms with Crippen LogP contribution in [-0.4, -0.2) is 37.2 Å². The molecule has 0 aromatic rings. The van der Waals surface area contributed by atoms with Crippen molar-refractivity contribution in [1.29, 1.82) is 0 Å². The molecule has 0 aliphatic heterocycles. The van der Waals surface area contributed by atoms with E-state index in [2.05, 4.69) is 118 Å². The van der Waals surface area contributed by atoms with Gasteiger partial charge in [-0.1, -0.05) is 317 Å². The predicted octanol–water partition coefficient (Wildman–Crippen LogP) is 23.6. The monoisotopic (exact) mass is 1110 g/mol. The Balaban J connectivity index is 4.35. The van der Waals surface area contributed by atoms with E-state index in [0.717, 1.165) is 122 Å². The zero-order valence-corrected chi connectivity index (χ0v) is 52.8. The molecule has 1 atom stereocenters. The van der Waals surface area contributed by atoms with Crippen LogP contribution < -0.4 is 0 Å². The van der Waals surface area contributed by atoms with Crippen molar-refractivity contribution in [3.8, 4) is 0 Å². The van der Waals surface area contributed by atoms with Crippen molar-refractivity contribution in [2.75, 3.05) is 13.2 Å².